The Labute approximate surface area is 55.9 Å². The Morgan fingerprint density at radius 2 is 1.20 bits per heavy atom. The number of hydrogen-bond donors (Lipinski definition) is 0. The predicted molar refractivity (Wildman–Crippen MR) is 39.8 cm³/mol. The number of rotatable bonds is 0. The van der Waals surface area contributed by atoms with Crippen molar-refractivity contribution in [2.24, 2.45) is 0 Å². The van der Waals surface area contributed by atoms with Gasteiger partial charge in [0.05, 0.1) is 0 Å². The summed E-state index contributed by atoms with van der Waals surface area (Å²) in [5.41, 5.74) is 0. The van der Waals surface area contributed by atoms with Crippen LogP contribution in [0.25, 0.3) is 0 Å². The van der Waals surface area contributed by atoms with Crippen LogP contribution < -0.4 is 0 Å². The molecule has 0 aliphatic carbocycles. The topological polar surface area (TPSA) is 0 Å². The third-order valence-electron chi connectivity index (χ3n) is 0. The fourth-order valence-corrected chi connectivity index (χ4v) is 0. The van der Waals surface area contributed by atoms with E-state index in [9.17, 15) is 0 Å². The van der Waals surface area contributed by atoms with E-state index in [2.05, 4.69) is 45.6 Å². The molecule has 0 aliphatic heterocycles. The molecule has 0 saturated heterocycles. The van der Waals surface area contributed by atoms with Crippen LogP contribution in [-0.2, 0) is 11.7 Å². The monoisotopic (exact) mass is 464 g/mol. The van der Waals surface area contributed by atoms with Gasteiger partial charge in [0.2, 0.25) is 0 Å². The van der Waals surface area contributed by atoms with Crippen molar-refractivity contribution in [2.45, 2.75) is 9.36 Å². The zero-order chi connectivity index (χ0) is 4.50. The molecule has 0 aliphatic rings. The Morgan fingerprint density at radius 1 is 1.20 bits per heavy atom. The van der Waals surface area contributed by atoms with Crippen LogP contribution in [0.3, 0.4) is 0 Å². The van der Waals surface area contributed by atoms with Crippen LogP contribution in [0.15, 0.2) is 0 Å². The maximum atomic E-state index is 2.59. The van der Waals surface area contributed by atoms with Crippen molar-refractivity contribution in [3.63, 3.8) is 0 Å². The van der Waals surface area contributed by atoms with Gasteiger partial charge in [0.15, 0.2) is 0 Å². The first-order valence-corrected chi connectivity index (χ1v) is 28.9. The first-order chi connectivity index (χ1) is 2.00. The third kappa shape index (κ3) is 21.9. The molecular formula is C2H6HfI2. The van der Waals surface area contributed by atoms with Crippen LogP contribution in [-0.4, -0.2) is 0 Å². The second kappa shape index (κ2) is 2.59. The van der Waals surface area contributed by atoms with E-state index in [4.69, 9.17) is 0 Å². The van der Waals surface area contributed by atoms with E-state index >= 15 is 0 Å². The van der Waals surface area contributed by atoms with Crippen LogP contribution in [0.5, 0.6) is 0 Å². The summed E-state index contributed by atoms with van der Waals surface area (Å²) in [7, 11) is 0. The second-order valence-corrected chi connectivity index (χ2v) is 71.9. The molecule has 0 unspecified atom stereocenters. The quantitative estimate of drug-likeness (QED) is 0.384. The molecule has 0 fully saturated rings. The van der Waals surface area contributed by atoms with Gasteiger partial charge >= 0.3 is 57.3 Å². The fraction of sp³-hybridized carbons (Fsp3) is 1.00. The van der Waals surface area contributed by atoms with Gasteiger partial charge in [-0.1, -0.05) is 0 Å². The molecule has 0 saturated carbocycles. The van der Waals surface area contributed by atoms with Crippen molar-refractivity contribution in [1.82, 2.24) is 0 Å². The maximum absolute atomic E-state index is 2.59. The SMILES string of the molecule is [CH3][Hf]([CH3])([I])[I]. The fourth-order valence-electron chi connectivity index (χ4n) is 0. The van der Waals surface area contributed by atoms with Gasteiger partial charge < -0.3 is 0 Å². The summed E-state index contributed by atoms with van der Waals surface area (Å²) in [5.74, 6) is 0. The number of halogens is 2. The van der Waals surface area contributed by atoms with E-state index in [-0.39, 0.29) is 0 Å². The predicted octanol–water partition coefficient (Wildman–Crippen LogP) is 2.94. The zero-order valence-corrected chi connectivity index (χ0v) is 11.2. The standard InChI is InChI=1S/2CH3.Hf.2HI/h2*1H3;;2*1H/q;;+2;;/p-2. The molecule has 3 heteroatoms. The first kappa shape index (κ1) is 7.33. The molecule has 0 aromatic carbocycles. The molecule has 0 spiro atoms. The van der Waals surface area contributed by atoms with Crippen molar-refractivity contribution < 1.29 is 11.7 Å². The molecule has 0 atom stereocenters. The average Bonchev–Trinajstić information content (AvgIpc) is 0.722. The van der Waals surface area contributed by atoms with E-state index in [1.54, 1.807) is 0 Å². The van der Waals surface area contributed by atoms with Gasteiger partial charge in [-0.05, 0) is 0 Å². The summed E-state index contributed by atoms with van der Waals surface area (Å²) < 4.78 is 4.77. The molecule has 0 nitrogen and oxygen atoms in total. The minimum absolute atomic E-state index is 1.34. The molecule has 0 heterocycles. The van der Waals surface area contributed by atoms with Gasteiger partial charge in [-0.2, -0.15) is 0 Å². The van der Waals surface area contributed by atoms with E-state index in [1.165, 1.54) is 0 Å². The third-order valence-corrected chi connectivity index (χ3v) is 0. The van der Waals surface area contributed by atoms with Crippen molar-refractivity contribution in [3.05, 3.63) is 0 Å². The summed E-state index contributed by atoms with van der Waals surface area (Å²) in [4.78, 5) is 0. The minimum atomic E-state index is -1.34. The molecule has 0 bridgehead atoms. The summed E-state index contributed by atoms with van der Waals surface area (Å²) in [6, 6.07) is 0. The van der Waals surface area contributed by atoms with Gasteiger partial charge in [0.1, 0.15) is 0 Å². The molecule has 32 valence electrons. The van der Waals surface area contributed by atoms with Crippen LogP contribution in [0.1, 0.15) is 0 Å². The Hall–Kier alpha value is 2.33. The molecule has 0 rings (SSSR count). The van der Waals surface area contributed by atoms with E-state index in [1.807, 2.05) is 0 Å². The van der Waals surface area contributed by atoms with E-state index in [0.717, 1.165) is 0 Å². The average molecular weight is 462 g/mol. The summed E-state index contributed by atoms with van der Waals surface area (Å²) in [5, 5.41) is 0. The molecule has 0 radical (unpaired) electrons. The molecule has 5 heavy (non-hydrogen) atoms. The zero-order valence-electron chi connectivity index (χ0n) is 3.26. The Morgan fingerprint density at radius 3 is 1.20 bits per heavy atom. The summed E-state index contributed by atoms with van der Waals surface area (Å²) in [6.45, 7) is 0. The molecule has 0 aromatic heterocycles. The Balaban J connectivity index is 3.02. The van der Waals surface area contributed by atoms with Crippen LogP contribution in [0.2, 0.25) is 9.36 Å². The molecule has 0 aromatic rings. The Bertz CT molecular complexity index is 23.1. The summed E-state index contributed by atoms with van der Waals surface area (Å²) in [6.07, 6.45) is 0. The molecule has 0 N–H and O–H groups in total. The van der Waals surface area contributed by atoms with Crippen LogP contribution in [0, 0.1) is 0 Å². The normalized spacial score (nSPS) is 12.0. The van der Waals surface area contributed by atoms with Gasteiger partial charge in [0.25, 0.3) is 0 Å². The van der Waals surface area contributed by atoms with Crippen molar-refractivity contribution >= 4 is 36.3 Å². The van der Waals surface area contributed by atoms with Gasteiger partial charge in [0, 0.05) is 0 Å². The second-order valence-electron chi connectivity index (χ2n) is 1.33. The van der Waals surface area contributed by atoms with Gasteiger partial charge in [-0.3, -0.25) is 0 Å². The first-order valence-electron chi connectivity index (χ1n) is 1.38. The Kier molecular flexibility index (Phi) is 3.80. The van der Waals surface area contributed by atoms with E-state index in [0.29, 0.717) is 0 Å². The van der Waals surface area contributed by atoms with Crippen molar-refractivity contribution in [1.29, 1.82) is 0 Å². The van der Waals surface area contributed by atoms with Crippen molar-refractivity contribution in [3.8, 4) is 0 Å². The molecular weight excluding hydrogens is 456 g/mol. The number of hydrogen-bond acceptors (Lipinski definition) is 0. The summed E-state index contributed by atoms with van der Waals surface area (Å²) >= 11 is 3.84. The van der Waals surface area contributed by atoms with E-state index < -0.39 is 11.7 Å². The van der Waals surface area contributed by atoms with Crippen LogP contribution in [0.4, 0.5) is 0 Å². The van der Waals surface area contributed by atoms with Crippen LogP contribution >= 0.6 is 36.3 Å². The van der Waals surface area contributed by atoms with Gasteiger partial charge in [-0.15, -0.1) is 0 Å². The van der Waals surface area contributed by atoms with Gasteiger partial charge in [-0.25, -0.2) is 0 Å². The van der Waals surface area contributed by atoms with Crippen molar-refractivity contribution in [2.75, 3.05) is 0 Å². The molecule has 0 amide bonds.